The lowest BCUT2D eigenvalue weighted by Crippen LogP contribution is -2.37. The minimum absolute atomic E-state index is 0.00769. The molecule has 0 bridgehead atoms. The first-order chi connectivity index (χ1) is 9.10. The van der Waals surface area contributed by atoms with Gasteiger partial charge in [0.2, 0.25) is 5.91 Å². The highest BCUT2D eigenvalue weighted by Gasteiger charge is 2.56. The fraction of sp³-hybridized carbons (Fsp3) is 0.462. The second-order valence-corrected chi connectivity index (χ2v) is 5.13. The van der Waals surface area contributed by atoms with Gasteiger partial charge in [0.05, 0.1) is 12.2 Å². The van der Waals surface area contributed by atoms with Crippen LogP contribution in [0.1, 0.15) is 0 Å². The number of piperidine rings is 1. The van der Waals surface area contributed by atoms with Crippen LogP contribution in [0.25, 0.3) is 0 Å². The molecule has 1 aliphatic heterocycles. The van der Waals surface area contributed by atoms with Crippen molar-refractivity contribution in [1.29, 1.82) is 0 Å². The quantitative estimate of drug-likeness (QED) is 0.837. The van der Waals surface area contributed by atoms with Crippen molar-refractivity contribution in [3.05, 3.63) is 29.8 Å². The van der Waals surface area contributed by atoms with Crippen LogP contribution in [-0.4, -0.2) is 31.6 Å². The Labute approximate surface area is 109 Å². The number of rotatable bonds is 3. The average molecular weight is 267 g/mol. The molecule has 1 aliphatic carbocycles. The minimum atomic E-state index is -0.571. The van der Waals surface area contributed by atoms with E-state index in [0.29, 0.717) is 30.6 Å². The van der Waals surface area contributed by atoms with Gasteiger partial charge in [0.1, 0.15) is 11.6 Å². The number of anilines is 1. The lowest BCUT2D eigenvalue weighted by molar-refractivity contribution is -0.120. The zero-order valence-electron chi connectivity index (χ0n) is 10.3. The van der Waals surface area contributed by atoms with Gasteiger partial charge in [-0.1, -0.05) is 0 Å². The van der Waals surface area contributed by atoms with Gasteiger partial charge in [0.25, 0.3) is 0 Å². The Kier molecular flexibility index (Phi) is 2.89. The topological polar surface area (TPSA) is 58.4 Å². The van der Waals surface area contributed by atoms with E-state index in [1.165, 1.54) is 12.1 Å². The number of benzene rings is 1. The minimum Gasteiger partial charge on any atom is -0.368 e. The summed E-state index contributed by atoms with van der Waals surface area (Å²) in [6.07, 6.45) is 0. The van der Waals surface area contributed by atoms with Crippen molar-refractivity contribution in [3.8, 4) is 0 Å². The Bertz CT molecular complexity index is 511. The van der Waals surface area contributed by atoms with Crippen LogP contribution in [0.4, 0.5) is 14.5 Å². The first-order valence-corrected chi connectivity index (χ1v) is 6.29. The van der Waals surface area contributed by atoms with E-state index in [1.54, 1.807) is 0 Å². The second-order valence-electron chi connectivity index (χ2n) is 5.13. The molecule has 2 fully saturated rings. The largest absolute Gasteiger partial charge is 0.368 e. The van der Waals surface area contributed by atoms with Gasteiger partial charge in [-0.05, 0) is 12.1 Å². The molecule has 0 aromatic heterocycles. The lowest BCUT2D eigenvalue weighted by Gasteiger charge is -2.22. The number of nitrogens with two attached hydrogens (primary N) is 1. The molecular weight excluding hydrogens is 252 g/mol. The Morgan fingerprint density at radius 3 is 2.63 bits per heavy atom. The third-order valence-corrected chi connectivity index (χ3v) is 3.96. The van der Waals surface area contributed by atoms with Crippen molar-refractivity contribution < 1.29 is 13.6 Å². The summed E-state index contributed by atoms with van der Waals surface area (Å²) >= 11 is 0. The van der Waals surface area contributed by atoms with Crippen molar-refractivity contribution in [3.63, 3.8) is 0 Å². The summed E-state index contributed by atoms with van der Waals surface area (Å²) in [6, 6.07) is 3.78. The number of hydrogen-bond donors (Lipinski definition) is 2. The van der Waals surface area contributed by atoms with Gasteiger partial charge < -0.3 is 16.0 Å². The van der Waals surface area contributed by atoms with E-state index in [9.17, 15) is 13.6 Å². The zero-order chi connectivity index (χ0) is 13.6. The summed E-state index contributed by atoms with van der Waals surface area (Å²) in [7, 11) is 0. The van der Waals surface area contributed by atoms with Crippen molar-refractivity contribution in [1.82, 2.24) is 5.32 Å². The van der Waals surface area contributed by atoms with Crippen LogP contribution in [0.15, 0.2) is 18.2 Å². The molecule has 4 nitrogen and oxygen atoms in total. The highest BCUT2D eigenvalue weighted by atomic mass is 19.1. The van der Waals surface area contributed by atoms with E-state index in [2.05, 4.69) is 5.32 Å². The Hall–Kier alpha value is -1.69. The molecule has 1 amide bonds. The molecule has 0 spiro atoms. The third-order valence-electron chi connectivity index (χ3n) is 3.96. The molecular formula is C13H15F2N3O. The standard InChI is InChI=1S/C13H15F2N3O/c14-7-1-2-11(10(15)3-7)18-5-8-9(6-18)13(8)17-12(19)4-16/h1-3,8-9,13H,4-6,16H2,(H,17,19). The maximum Gasteiger partial charge on any atom is 0.233 e. The van der Waals surface area contributed by atoms with Crippen LogP contribution in [0.2, 0.25) is 0 Å². The van der Waals surface area contributed by atoms with Gasteiger partial charge >= 0.3 is 0 Å². The first kappa shape index (κ1) is 12.3. The van der Waals surface area contributed by atoms with Gasteiger partial charge in [0.15, 0.2) is 0 Å². The number of hydrogen-bond acceptors (Lipinski definition) is 3. The molecule has 2 aliphatic rings. The first-order valence-electron chi connectivity index (χ1n) is 6.29. The molecule has 19 heavy (non-hydrogen) atoms. The summed E-state index contributed by atoms with van der Waals surface area (Å²) < 4.78 is 26.5. The molecule has 1 saturated carbocycles. The Balaban J connectivity index is 1.63. The van der Waals surface area contributed by atoms with E-state index in [-0.39, 0.29) is 18.5 Å². The van der Waals surface area contributed by atoms with Gasteiger partial charge in [-0.2, -0.15) is 0 Å². The van der Waals surface area contributed by atoms with Crippen molar-refractivity contribution >= 4 is 11.6 Å². The molecule has 3 rings (SSSR count). The van der Waals surface area contributed by atoms with Crippen LogP contribution >= 0.6 is 0 Å². The predicted molar refractivity (Wildman–Crippen MR) is 66.5 cm³/mol. The summed E-state index contributed by atoms with van der Waals surface area (Å²) in [5, 5.41) is 2.86. The number of fused-ring (bicyclic) bond motifs is 1. The van der Waals surface area contributed by atoms with Crippen LogP contribution in [-0.2, 0) is 4.79 Å². The fourth-order valence-electron chi connectivity index (χ4n) is 2.92. The van der Waals surface area contributed by atoms with Crippen LogP contribution < -0.4 is 16.0 Å². The number of nitrogens with zero attached hydrogens (tertiary/aromatic N) is 1. The Morgan fingerprint density at radius 1 is 1.37 bits per heavy atom. The van der Waals surface area contributed by atoms with E-state index in [4.69, 9.17) is 5.73 Å². The number of carbonyl (C=O) groups excluding carboxylic acids is 1. The van der Waals surface area contributed by atoms with Gasteiger partial charge in [-0.15, -0.1) is 0 Å². The fourth-order valence-corrected chi connectivity index (χ4v) is 2.92. The summed E-state index contributed by atoms with van der Waals surface area (Å²) in [5.41, 5.74) is 5.67. The maximum absolute atomic E-state index is 13.6. The van der Waals surface area contributed by atoms with Crippen molar-refractivity contribution in [2.24, 2.45) is 17.6 Å². The number of amides is 1. The van der Waals surface area contributed by atoms with Crippen LogP contribution in [0.5, 0.6) is 0 Å². The molecule has 2 unspecified atom stereocenters. The lowest BCUT2D eigenvalue weighted by atomic mass is 10.2. The van der Waals surface area contributed by atoms with Crippen molar-refractivity contribution in [2.75, 3.05) is 24.5 Å². The summed E-state index contributed by atoms with van der Waals surface area (Å²) in [6.45, 7) is 1.36. The van der Waals surface area contributed by atoms with Gasteiger partial charge in [-0.3, -0.25) is 4.79 Å². The highest BCUT2D eigenvalue weighted by molar-refractivity contribution is 5.78. The molecule has 2 atom stereocenters. The van der Waals surface area contributed by atoms with Gasteiger partial charge in [0, 0.05) is 37.0 Å². The molecule has 0 radical (unpaired) electrons. The van der Waals surface area contributed by atoms with Crippen LogP contribution in [0.3, 0.4) is 0 Å². The molecule has 1 aromatic rings. The maximum atomic E-state index is 13.6. The van der Waals surface area contributed by atoms with E-state index < -0.39 is 11.6 Å². The summed E-state index contributed by atoms with van der Waals surface area (Å²) in [5.74, 6) is -0.568. The highest BCUT2D eigenvalue weighted by Crippen LogP contribution is 2.47. The molecule has 1 saturated heterocycles. The predicted octanol–water partition coefficient (Wildman–Crippen LogP) is 0.474. The third kappa shape index (κ3) is 2.16. The van der Waals surface area contributed by atoms with Crippen LogP contribution in [0, 0.1) is 23.5 Å². The molecule has 6 heteroatoms. The number of carbonyl (C=O) groups is 1. The zero-order valence-corrected chi connectivity index (χ0v) is 10.3. The van der Waals surface area contributed by atoms with Crippen molar-refractivity contribution in [2.45, 2.75) is 6.04 Å². The Morgan fingerprint density at radius 2 is 2.05 bits per heavy atom. The number of halogens is 2. The normalized spacial score (nSPS) is 28.2. The summed E-state index contributed by atoms with van der Waals surface area (Å²) in [4.78, 5) is 13.1. The molecule has 1 heterocycles. The van der Waals surface area contributed by atoms with E-state index in [0.717, 1.165) is 6.07 Å². The molecule has 3 N–H and O–H groups in total. The SMILES string of the molecule is NCC(=O)NC1C2CN(c3ccc(F)cc3F)CC21. The van der Waals surface area contributed by atoms with E-state index in [1.807, 2.05) is 4.90 Å². The number of nitrogens with one attached hydrogen (secondary N) is 1. The second kappa shape index (κ2) is 4.45. The molecule has 102 valence electrons. The monoisotopic (exact) mass is 267 g/mol. The average Bonchev–Trinajstić information content (AvgIpc) is 2.83. The van der Waals surface area contributed by atoms with Gasteiger partial charge in [-0.25, -0.2) is 8.78 Å². The van der Waals surface area contributed by atoms with E-state index >= 15 is 0 Å². The smallest absolute Gasteiger partial charge is 0.233 e. The molecule has 1 aromatic carbocycles.